The van der Waals surface area contributed by atoms with Gasteiger partial charge in [-0.05, 0) is 30.3 Å². The average molecular weight is 361 g/mol. The molecule has 0 amide bonds. The van der Waals surface area contributed by atoms with E-state index in [9.17, 15) is 13.2 Å². The van der Waals surface area contributed by atoms with Crippen molar-refractivity contribution in [2.24, 2.45) is 0 Å². The van der Waals surface area contributed by atoms with Crippen molar-refractivity contribution in [2.75, 3.05) is 4.72 Å². The van der Waals surface area contributed by atoms with E-state index in [2.05, 4.69) is 24.7 Å². The lowest BCUT2D eigenvalue weighted by atomic mass is 10.4. The quantitative estimate of drug-likeness (QED) is 0.661. The number of aromatic amines is 1. The Morgan fingerprint density at radius 2 is 1.67 bits per heavy atom. The Bertz CT molecular complexity index is 989. The van der Waals surface area contributed by atoms with Crippen molar-refractivity contribution in [1.29, 1.82) is 0 Å². The van der Waals surface area contributed by atoms with Crippen LogP contribution in [0.2, 0.25) is 0 Å². The van der Waals surface area contributed by atoms with Crippen molar-refractivity contribution in [3.8, 4) is 0 Å². The summed E-state index contributed by atoms with van der Waals surface area (Å²) in [6.07, 6.45) is 4.29. The summed E-state index contributed by atoms with van der Waals surface area (Å²) in [7, 11) is -3.77. The van der Waals surface area contributed by atoms with E-state index in [4.69, 9.17) is 0 Å². The van der Waals surface area contributed by atoms with Gasteiger partial charge in [-0.3, -0.25) is 4.79 Å². The van der Waals surface area contributed by atoms with Gasteiger partial charge in [0.2, 0.25) is 5.95 Å². The van der Waals surface area contributed by atoms with Gasteiger partial charge in [-0.25, -0.2) is 28.1 Å². The smallest absolute Gasteiger partial charge is 0.264 e. The lowest BCUT2D eigenvalue weighted by Gasteiger charge is -2.07. The van der Waals surface area contributed by atoms with Crippen molar-refractivity contribution in [2.45, 2.75) is 14.9 Å². The number of rotatable bonds is 5. The second kappa shape index (κ2) is 6.81. The van der Waals surface area contributed by atoms with E-state index in [0.717, 1.165) is 4.90 Å². The normalized spacial score (nSPS) is 11.2. The molecular formula is C14H11N5O3S2. The molecule has 0 unspecified atom stereocenters. The lowest BCUT2D eigenvalue weighted by molar-refractivity contribution is 0.600. The summed E-state index contributed by atoms with van der Waals surface area (Å²) >= 11 is 1.22. The number of anilines is 1. The molecule has 0 aliphatic carbocycles. The largest absolute Gasteiger partial charge is 0.301 e. The van der Waals surface area contributed by atoms with Gasteiger partial charge in [0.1, 0.15) is 0 Å². The van der Waals surface area contributed by atoms with Gasteiger partial charge in [0, 0.05) is 29.6 Å². The summed E-state index contributed by atoms with van der Waals surface area (Å²) in [4.78, 5) is 26.3. The molecular weight excluding hydrogens is 350 g/mol. The number of nitrogens with zero attached hydrogens (tertiary/aromatic N) is 3. The van der Waals surface area contributed by atoms with E-state index < -0.39 is 10.0 Å². The van der Waals surface area contributed by atoms with Crippen molar-refractivity contribution >= 4 is 27.7 Å². The molecule has 0 bridgehead atoms. The van der Waals surface area contributed by atoms with E-state index in [1.54, 1.807) is 18.2 Å². The molecule has 0 aliphatic heterocycles. The summed E-state index contributed by atoms with van der Waals surface area (Å²) in [5.74, 6) is 0.00186. The third kappa shape index (κ3) is 3.97. The number of aromatic nitrogens is 4. The zero-order chi connectivity index (χ0) is 17.0. The van der Waals surface area contributed by atoms with E-state index >= 15 is 0 Å². The molecule has 122 valence electrons. The van der Waals surface area contributed by atoms with Crippen LogP contribution in [0.1, 0.15) is 0 Å². The molecule has 0 atom stereocenters. The number of nitrogens with one attached hydrogen (secondary N) is 2. The summed E-state index contributed by atoms with van der Waals surface area (Å²) in [5.41, 5.74) is -0.251. The Hall–Kier alpha value is -2.72. The van der Waals surface area contributed by atoms with Crippen LogP contribution < -0.4 is 10.3 Å². The average Bonchev–Trinajstić information content (AvgIpc) is 2.56. The monoisotopic (exact) mass is 361 g/mol. The van der Waals surface area contributed by atoms with Crippen LogP contribution in [-0.2, 0) is 10.0 Å². The SMILES string of the molecule is O=c1ccnc(Sc2ccc(S(=O)(=O)Nc3ncccn3)cc2)[nH]1. The second-order valence-electron chi connectivity index (χ2n) is 4.49. The number of hydrogen-bond donors (Lipinski definition) is 2. The number of hydrogen-bond acceptors (Lipinski definition) is 7. The van der Waals surface area contributed by atoms with Crippen LogP contribution in [0.3, 0.4) is 0 Å². The predicted molar refractivity (Wildman–Crippen MR) is 88.3 cm³/mol. The summed E-state index contributed by atoms with van der Waals surface area (Å²) in [6.45, 7) is 0. The first-order chi connectivity index (χ1) is 11.5. The molecule has 0 radical (unpaired) electrons. The standard InChI is InChI=1S/C14H11N5O3S2/c20-12-6-9-17-14(18-12)23-10-2-4-11(5-3-10)24(21,22)19-13-15-7-1-8-16-13/h1-9H,(H,15,16,19)(H,17,18,20). The van der Waals surface area contributed by atoms with Crippen molar-refractivity contribution < 1.29 is 8.42 Å². The Labute approximate surface area is 141 Å². The lowest BCUT2D eigenvalue weighted by Crippen LogP contribution is -2.14. The molecule has 3 rings (SSSR count). The Morgan fingerprint density at radius 1 is 0.958 bits per heavy atom. The summed E-state index contributed by atoms with van der Waals surface area (Å²) < 4.78 is 26.8. The van der Waals surface area contributed by atoms with E-state index in [-0.39, 0.29) is 16.4 Å². The molecule has 8 nitrogen and oxygen atoms in total. The summed E-state index contributed by atoms with van der Waals surface area (Å²) in [5, 5.41) is 0.425. The van der Waals surface area contributed by atoms with Crippen LogP contribution in [0.15, 0.2) is 74.7 Å². The van der Waals surface area contributed by atoms with Crippen LogP contribution in [0.5, 0.6) is 0 Å². The number of benzene rings is 1. The van der Waals surface area contributed by atoms with Gasteiger partial charge in [-0.2, -0.15) is 0 Å². The van der Waals surface area contributed by atoms with Gasteiger partial charge in [-0.15, -0.1) is 0 Å². The fourth-order valence-electron chi connectivity index (χ4n) is 1.73. The fourth-order valence-corrected chi connectivity index (χ4v) is 3.45. The first-order valence-corrected chi connectivity index (χ1v) is 8.96. The molecule has 10 heteroatoms. The minimum atomic E-state index is -3.77. The van der Waals surface area contributed by atoms with Crippen LogP contribution in [0, 0.1) is 0 Å². The van der Waals surface area contributed by atoms with Gasteiger partial charge >= 0.3 is 0 Å². The van der Waals surface area contributed by atoms with Crippen LogP contribution in [0.25, 0.3) is 0 Å². The topological polar surface area (TPSA) is 118 Å². The molecule has 2 aromatic heterocycles. The highest BCUT2D eigenvalue weighted by molar-refractivity contribution is 7.99. The van der Waals surface area contributed by atoms with Crippen LogP contribution >= 0.6 is 11.8 Å². The Balaban J connectivity index is 1.77. The molecule has 24 heavy (non-hydrogen) atoms. The highest BCUT2D eigenvalue weighted by atomic mass is 32.2. The fraction of sp³-hybridized carbons (Fsp3) is 0. The third-order valence-electron chi connectivity index (χ3n) is 2.79. The molecule has 0 saturated carbocycles. The third-order valence-corrected chi connectivity index (χ3v) is 5.04. The van der Waals surface area contributed by atoms with Gasteiger partial charge in [-0.1, -0.05) is 11.8 Å². The number of H-pyrrole nitrogens is 1. The first-order valence-electron chi connectivity index (χ1n) is 6.66. The zero-order valence-electron chi connectivity index (χ0n) is 12.1. The molecule has 0 saturated heterocycles. The van der Waals surface area contributed by atoms with Crippen LogP contribution in [0.4, 0.5) is 5.95 Å². The predicted octanol–water partition coefficient (Wildman–Crippen LogP) is 1.51. The van der Waals surface area contributed by atoms with E-state index in [1.807, 2.05) is 0 Å². The van der Waals surface area contributed by atoms with E-state index in [0.29, 0.717) is 5.16 Å². The maximum absolute atomic E-state index is 12.3. The van der Waals surface area contributed by atoms with E-state index in [1.165, 1.54) is 48.6 Å². The molecule has 1 aromatic carbocycles. The maximum Gasteiger partial charge on any atom is 0.264 e. The first kappa shape index (κ1) is 16.1. The highest BCUT2D eigenvalue weighted by Gasteiger charge is 2.15. The maximum atomic E-state index is 12.3. The summed E-state index contributed by atoms with van der Waals surface area (Å²) in [6, 6.07) is 9.06. The highest BCUT2D eigenvalue weighted by Crippen LogP contribution is 2.25. The Morgan fingerprint density at radius 3 is 2.33 bits per heavy atom. The Kier molecular flexibility index (Phi) is 4.58. The molecule has 3 aromatic rings. The minimum absolute atomic E-state index is 0.00186. The molecule has 0 aliphatic rings. The minimum Gasteiger partial charge on any atom is -0.301 e. The number of sulfonamides is 1. The van der Waals surface area contributed by atoms with Crippen LogP contribution in [-0.4, -0.2) is 28.4 Å². The molecule has 0 spiro atoms. The second-order valence-corrected chi connectivity index (χ2v) is 7.24. The van der Waals surface area contributed by atoms with Gasteiger partial charge in [0.15, 0.2) is 5.16 Å². The molecule has 2 heterocycles. The van der Waals surface area contributed by atoms with Crippen molar-refractivity contribution in [1.82, 2.24) is 19.9 Å². The van der Waals surface area contributed by atoms with Gasteiger partial charge in [0.05, 0.1) is 4.90 Å². The zero-order valence-corrected chi connectivity index (χ0v) is 13.7. The molecule has 2 N–H and O–H groups in total. The van der Waals surface area contributed by atoms with Gasteiger partial charge in [0.25, 0.3) is 15.6 Å². The van der Waals surface area contributed by atoms with Gasteiger partial charge < -0.3 is 4.98 Å². The van der Waals surface area contributed by atoms with Crippen molar-refractivity contribution in [3.05, 3.63) is 65.3 Å². The molecule has 0 fully saturated rings. The van der Waals surface area contributed by atoms with Crippen molar-refractivity contribution in [3.63, 3.8) is 0 Å².